The zero-order chi connectivity index (χ0) is 7.40. The van der Waals surface area contributed by atoms with Crippen molar-refractivity contribution < 1.29 is 4.79 Å². The van der Waals surface area contributed by atoms with Gasteiger partial charge in [-0.15, -0.1) is 0 Å². The van der Waals surface area contributed by atoms with Crippen LogP contribution in [0, 0.1) is 0 Å². The lowest BCUT2D eigenvalue weighted by Gasteiger charge is -1.92. The molecule has 0 atom stereocenters. The molecule has 0 unspecified atom stereocenters. The molecule has 0 aliphatic carbocycles. The van der Waals surface area contributed by atoms with E-state index in [9.17, 15) is 4.79 Å². The average Bonchev–Trinajstić information content (AvgIpc) is 2.31. The smallest absolute Gasteiger partial charge is 0.219 e. The fraction of sp³-hybridized carbons (Fsp3) is 0.333. The molecule has 1 heterocycles. The number of rotatable bonds is 3. The molecule has 0 fully saturated rings. The van der Waals surface area contributed by atoms with Crippen LogP contribution in [0.15, 0.2) is 12.3 Å². The van der Waals surface area contributed by atoms with Gasteiger partial charge in [0.15, 0.2) is 0 Å². The molecule has 0 aliphatic rings. The lowest BCUT2D eigenvalue weighted by Crippen LogP contribution is -2.02. The normalized spacial score (nSPS) is 9.30. The Morgan fingerprint density at radius 3 is 3.20 bits per heavy atom. The van der Waals surface area contributed by atoms with Gasteiger partial charge in [-0.25, -0.2) is 0 Å². The maximum Gasteiger partial charge on any atom is 0.219 e. The van der Waals surface area contributed by atoms with Crippen LogP contribution in [0.1, 0.15) is 0 Å². The Hall–Kier alpha value is -1.32. The van der Waals surface area contributed by atoms with Crippen molar-refractivity contribution in [1.82, 2.24) is 9.78 Å². The van der Waals surface area contributed by atoms with E-state index in [2.05, 4.69) is 10.4 Å². The molecule has 1 aromatic rings. The summed E-state index contributed by atoms with van der Waals surface area (Å²) in [6.45, 7) is 0.191. The van der Waals surface area contributed by atoms with E-state index in [0.29, 0.717) is 5.82 Å². The Labute approximate surface area is 58.8 Å². The van der Waals surface area contributed by atoms with E-state index in [1.54, 1.807) is 23.2 Å². The van der Waals surface area contributed by atoms with Crippen molar-refractivity contribution >= 4 is 12.1 Å². The first kappa shape index (κ1) is 6.80. The Balaban J connectivity index is 2.49. The highest BCUT2D eigenvalue weighted by molar-refractivity contribution is 5.58. The number of nitrogens with one attached hydrogen (secondary N) is 1. The zero-order valence-corrected chi connectivity index (χ0v) is 5.66. The molecule has 0 aromatic carbocycles. The first-order valence-electron chi connectivity index (χ1n) is 2.91. The van der Waals surface area contributed by atoms with Crippen LogP contribution in [-0.4, -0.2) is 22.6 Å². The Morgan fingerprint density at radius 2 is 2.70 bits per heavy atom. The van der Waals surface area contributed by atoms with Gasteiger partial charge in [0.1, 0.15) is 5.82 Å². The molecule has 1 radical (unpaired) electrons. The molecule has 4 heteroatoms. The maximum atomic E-state index is 9.76. The van der Waals surface area contributed by atoms with Crippen molar-refractivity contribution in [2.75, 3.05) is 11.9 Å². The van der Waals surface area contributed by atoms with Crippen LogP contribution in [0.3, 0.4) is 0 Å². The van der Waals surface area contributed by atoms with Crippen LogP contribution >= 0.6 is 0 Å². The van der Waals surface area contributed by atoms with Crippen molar-refractivity contribution in [2.24, 2.45) is 7.05 Å². The lowest BCUT2D eigenvalue weighted by molar-refractivity contribution is 0.557. The van der Waals surface area contributed by atoms with Gasteiger partial charge >= 0.3 is 0 Å². The molecule has 0 bridgehead atoms. The number of aromatic nitrogens is 2. The summed E-state index contributed by atoms with van der Waals surface area (Å²) in [5.74, 6) is 0.700. The number of carbonyl (C=O) groups excluding carboxylic acids is 1. The highest BCUT2D eigenvalue weighted by atomic mass is 16.1. The number of hydrogen-bond donors (Lipinski definition) is 1. The fourth-order valence-electron chi connectivity index (χ4n) is 0.636. The van der Waals surface area contributed by atoms with Gasteiger partial charge in [-0.05, 0) is 0 Å². The van der Waals surface area contributed by atoms with Gasteiger partial charge in [0.25, 0.3) is 0 Å². The fourth-order valence-corrected chi connectivity index (χ4v) is 0.636. The van der Waals surface area contributed by atoms with E-state index in [1.165, 1.54) is 0 Å². The van der Waals surface area contributed by atoms with Gasteiger partial charge in [0.2, 0.25) is 6.29 Å². The van der Waals surface area contributed by atoms with Crippen LogP contribution in [0.2, 0.25) is 0 Å². The lowest BCUT2D eigenvalue weighted by atomic mass is 10.6. The highest BCUT2D eigenvalue weighted by Gasteiger charge is 1.91. The second-order valence-corrected chi connectivity index (χ2v) is 1.87. The van der Waals surface area contributed by atoms with Gasteiger partial charge in [-0.2, -0.15) is 5.10 Å². The van der Waals surface area contributed by atoms with E-state index < -0.39 is 0 Å². The topological polar surface area (TPSA) is 46.9 Å². The first-order valence-corrected chi connectivity index (χ1v) is 2.91. The first-order chi connectivity index (χ1) is 4.83. The predicted molar refractivity (Wildman–Crippen MR) is 37.4 cm³/mol. The predicted octanol–water partition coefficient (Wildman–Crippen LogP) is -0.0583. The second-order valence-electron chi connectivity index (χ2n) is 1.87. The number of nitrogens with zero attached hydrogens (tertiary/aromatic N) is 2. The summed E-state index contributed by atoms with van der Waals surface area (Å²) in [7, 11) is 1.82. The molecule has 0 spiro atoms. The van der Waals surface area contributed by atoms with Gasteiger partial charge in [-0.3, -0.25) is 9.48 Å². The van der Waals surface area contributed by atoms with Crippen molar-refractivity contribution in [1.29, 1.82) is 0 Å². The third-order valence-corrected chi connectivity index (χ3v) is 1.06. The minimum Gasteiger partial charge on any atom is -0.361 e. The largest absolute Gasteiger partial charge is 0.361 e. The molecule has 0 aliphatic heterocycles. The SMILES string of the molecule is Cn1ccc(NC[C]=O)n1. The molecule has 1 N–H and O–H groups in total. The van der Waals surface area contributed by atoms with E-state index in [1.807, 2.05) is 7.05 Å². The van der Waals surface area contributed by atoms with Crippen LogP contribution in [0.5, 0.6) is 0 Å². The summed E-state index contributed by atoms with van der Waals surface area (Å²) in [6, 6.07) is 1.79. The van der Waals surface area contributed by atoms with Crippen molar-refractivity contribution in [3.63, 3.8) is 0 Å². The second kappa shape index (κ2) is 3.00. The molecule has 0 saturated heterocycles. The van der Waals surface area contributed by atoms with E-state index in [-0.39, 0.29) is 6.54 Å². The minimum atomic E-state index is 0.191. The van der Waals surface area contributed by atoms with Crippen molar-refractivity contribution in [3.8, 4) is 0 Å². The Bertz CT molecular complexity index is 219. The van der Waals surface area contributed by atoms with Gasteiger partial charge in [0.05, 0.1) is 6.54 Å². The van der Waals surface area contributed by atoms with Crippen molar-refractivity contribution in [3.05, 3.63) is 12.3 Å². The summed E-state index contributed by atoms with van der Waals surface area (Å²) in [5.41, 5.74) is 0. The van der Waals surface area contributed by atoms with Gasteiger partial charge in [-0.1, -0.05) is 0 Å². The van der Waals surface area contributed by atoms with Gasteiger partial charge in [0, 0.05) is 19.3 Å². The Morgan fingerprint density at radius 1 is 1.90 bits per heavy atom. The molecular formula is C6H8N3O. The number of hydrogen-bond acceptors (Lipinski definition) is 3. The highest BCUT2D eigenvalue weighted by Crippen LogP contribution is 1.98. The molecule has 1 rings (SSSR count). The maximum absolute atomic E-state index is 9.76. The standard InChI is InChI=1S/C6H8N3O/c1-9-4-2-6(8-9)7-3-5-10/h2,4H,3H2,1H3,(H,7,8). The van der Waals surface area contributed by atoms with E-state index in [0.717, 1.165) is 0 Å². The quantitative estimate of drug-likeness (QED) is 0.636. The van der Waals surface area contributed by atoms with Crippen LogP contribution in [0.25, 0.3) is 0 Å². The summed E-state index contributed by atoms with van der Waals surface area (Å²) < 4.78 is 1.66. The zero-order valence-electron chi connectivity index (χ0n) is 5.66. The molecule has 53 valence electrons. The third-order valence-electron chi connectivity index (χ3n) is 1.06. The Kier molecular flexibility index (Phi) is 2.04. The van der Waals surface area contributed by atoms with Crippen molar-refractivity contribution in [2.45, 2.75) is 0 Å². The minimum absolute atomic E-state index is 0.191. The number of anilines is 1. The monoisotopic (exact) mass is 138 g/mol. The average molecular weight is 138 g/mol. The van der Waals surface area contributed by atoms with Crippen LogP contribution < -0.4 is 5.32 Å². The summed E-state index contributed by atoms with van der Waals surface area (Å²) in [6.07, 6.45) is 3.51. The van der Waals surface area contributed by atoms with Crippen LogP contribution in [0.4, 0.5) is 5.82 Å². The van der Waals surface area contributed by atoms with E-state index in [4.69, 9.17) is 0 Å². The molecule has 4 nitrogen and oxygen atoms in total. The molecule has 0 saturated carbocycles. The molecular weight excluding hydrogens is 130 g/mol. The number of aryl methyl sites for hydroxylation is 1. The van der Waals surface area contributed by atoms with Gasteiger partial charge < -0.3 is 5.32 Å². The third kappa shape index (κ3) is 1.58. The summed E-state index contributed by atoms with van der Waals surface area (Å²) in [4.78, 5) is 9.76. The summed E-state index contributed by atoms with van der Waals surface area (Å²) >= 11 is 0. The molecule has 1 aromatic heterocycles. The van der Waals surface area contributed by atoms with Crippen LogP contribution in [-0.2, 0) is 11.8 Å². The summed E-state index contributed by atoms with van der Waals surface area (Å²) in [5, 5.41) is 6.73. The van der Waals surface area contributed by atoms with E-state index >= 15 is 0 Å². The molecule has 0 amide bonds. The molecule has 10 heavy (non-hydrogen) atoms.